The lowest BCUT2D eigenvalue weighted by Crippen LogP contribution is -1.97. The molecule has 0 aliphatic carbocycles. The van der Waals surface area contributed by atoms with Crippen molar-refractivity contribution in [1.29, 1.82) is 0 Å². The summed E-state index contributed by atoms with van der Waals surface area (Å²) in [6.07, 6.45) is 3.35. The fourth-order valence-electron chi connectivity index (χ4n) is 2.40. The van der Waals surface area contributed by atoms with Crippen LogP contribution in [0, 0.1) is 20.2 Å². The number of pyridine rings is 1. The van der Waals surface area contributed by atoms with Gasteiger partial charge in [-0.1, -0.05) is 29.8 Å². The molecule has 0 fully saturated rings. The van der Waals surface area contributed by atoms with E-state index in [9.17, 15) is 25.3 Å². The zero-order valence-corrected chi connectivity index (χ0v) is 13.8. The third-order valence-corrected chi connectivity index (χ3v) is 3.90. The van der Waals surface area contributed by atoms with E-state index in [-0.39, 0.29) is 10.9 Å². The number of nitrogens with zero attached hydrogens (tertiary/aromatic N) is 3. The minimum atomic E-state index is -0.889. The van der Waals surface area contributed by atoms with Gasteiger partial charge in [0.1, 0.15) is 5.52 Å². The summed E-state index contributed by atoms with van der Waals surface area (Å²) in [5.41, 5.74) is -0.256. The Hall–Kier alpha value is -3.52. The van der Waals surface area contributed by atoms with Crippen LogP contribution in [0.4, 0.5) is 11.4 Å². The van der Waals surface area contributed by atoms with E-state index in [2.05, 4.69) is 4.98 Å². The Bertz CT molecular complexity index is 1060. The van der Waals surface area contributed by atoms with Crippen LogP contribution in [0.3, 0.4) is 0 Å². The molecule has 0 aliphatic rings. The quantitative estimate of drug-likeness (QED) is 0.529. The molecular formula is C17H10ClN3O5. The number of hydrogen-bond acceptors (Lipinski definition) is 6. The summed E-state index contributed by atoms with van der Waals surface area (Å²) >= 11 is 5.82. The number of halogens is 1. The second kappa shape index (κ2) is 6.77. The fraction of sp³-hybridized carbons (Fsp3) is 0. The average Bonchev–Trinajstić information content (AvgIpc) is 2.61. The summed E-state index contributed by atoms with van der Waals surface area (Å²) in [5, 5.41) is 32.9. The molecule has 1 heterocycles. The van der Waals surface area contributed by atoms with Crippen LogP contribution in [0.2, 0.25) is 5.02 Å². The number of phenols is 1. The SMILES string of the molecule is O=[N+]([O-])c1cc([N+](=O)[O-])c2ccc(/C=C/c3ccc(Cl)cc3)nc2c1O. The molecule has 0 saturated carbocycles. The van der Waals surface area contributed by atoms with Gasteiger partial charge in [-0.25, -0.2) is 4.98 Å². The van der Waals surface area contributed by atoms with Crippen molar-refractivity contribution < 1.29 is 15.0 Å². The first-order valence-electron chi connectivity index (χ1n) is 7.26. The molecule has 26 heavy (non-hydrogen) atoms. The number of aromatic nitrogens is 1. The Morgan fingerprint density at radius 2 is 1.62 bits per heavy atom. The van der Waals surface area contributed by atoms with Crippen LogP contribution in [0.25, 0.3) is 23.1 Å². The number of benzene rings is 2. The maximum atomic E-state index is 11.2. The Balaban J connectivity index is 2.12. The fourth-order valence-corrected chi connectivity index (χ4v) is 2.52. The molecule has 1 N–H and O–H groups in total. The van der Waals surface area contributed by atoms with Crippen molar-refractivity contribution >= 4 is 46.0 Å². The zero-order valence-electron chi connectivity index (χ0n) is 13.0. The van der Waals surface area contributed by atoms with Crippen LogP contribution < -0.4 is 0 Å². The van der Waals surface area contributed by atoms with E-state index in [1.54, 1.807) is 36.4 Å². The first-order valence-corrected chi connectivity index (χ1v) is 7.64. The van der Waals surface area contributed by atoms with Gasteiger partial charge in [0.05, 0.1) is 27.0 Å². The van der Waals surface area contributed by atoms with Gasteiger partial charge in [0, 0.05) is 5.02 Å². The molecule has 0 radical (unpaired) electrons. The molecule has 0 amide bonds. The van der Waals surface area contributed by atoms with E-state index in [0.29, 0.717) is 10.7 Å². The first-order chi connectivity index (χ1) is 12.4. The molecule has 3 rings (SSSR count). The number of non-ortho nitro benzene ring substituents is 1. The topological polar surface area (TPSA) is 119 Å². The summed E-state index contributed by atoms with van der Waals surface area (Å²) < 4.78 is 0. The van der Waals surface area contributed by atoms with Gasteiger partial charge in [-0.05, 0) is 35.9 Å². The number of nitro benzene ring substituents is 2. The van der Waals surface area contributed by atoms with Crippen molar-refractivity contribution in [3.8, 4) is 5.75 Å². The predicted octanol–water partition coefficient (Wildman–Crippen LogP) is 4.58. The normalized spacial score (nSPS) is 11.1. The van der Waals surface area contributed by atoms with Crippen molar-refractivity contribution in [2.75, 3.05) is 0 Å². The predicted molar refractivity (Wildman–Crippen MR) is 97.1 cm³/mol. The summed E-state index contributed by atoms with van der Waals surface area (Å²) in [6.45, 7) is 0. The van der Waals surface area contributed by atoms with Gasteiger partial charge in [0.15, 0.2) is 0 Å². The lowest BCUT2D eigenvalue weighted by Gasteiger charge is -2.04. The first kappa shape index (κ1) is 17.3. The van der Waals surface area contributed by atoms with Gasteiger partial charge >= 0.3 is 5.69 Å². The maximum Gasteiger partial charge on any atom is 0.319 e. The maximum absolute atomic E-state index is 11.2. The van der Waals surface area contributed by atoms with Gasteiger partial charge in [0.25, 0.3) is 5.69 Å². The molecule has 8 nitrogen and oxygen atoms in total. The molecule has 2 aromatic carbocycles. The molecule has 0 aliphatic heterocycles. The van der Waals surface area contributed by atoms with Crippen LogP contribution in [0.1, 0.15) is 11.3 Å². The average molecular weight is 372 g/mol. The van der Waals surface area contributed by atoms with E-state index < -0.39 is 27.0 Å². The Kier molecular flexibility index (Phi) is 4.51. The number of fused-ring (bicyclic) bond motifs is 1. The van der Waals surface area contributed by atoms with E-state index in [0.717, 1.165) is 11.6 Å². The van der Waals surface area contributed by atoms with E-state index in [1.165, 1.54) is 12.1 Å². The number of nitro groups is 2. The molecule has 1 aromatic heterocycles. The standard InChI is InChI=1S/C17H10ClN3O5/c18-11-4-1-10(2-5-11)3-6-12-7-8-13-14(20(23)24)9-15(21(25)26)17(22)16(13)19-12/h1-9,22H/b6-3+. The second-order valence-electron chi connectivity index (χ2n) is 5.29. The summed E-state index contributed by atoms with van der Waals surface area (Å²) in [7, 11) is 0. The van der Waals surface area contributed by atoms with Crippen molar-refractivity contribution in [3.63, 3.8) is 0 Å². The van der Waals surface area contributed by atoms with E-state index in [1.807, 2.05) is 0 Å². The molecular weight excluding hydrogens is 362 g/mol. The number of rotatable bonds is 4. The second-order valence-corrected chi connectivity index (χ2v) is 5.73. The molecule has 9 heteroatoms. The van der Waals surface area contributed by atoms with Crippen molar-refractivity contribution in [3.05, 3.63) is 79.0 Å². The highest BCUT2D eigenvalue weighted by Crippen LogP contribution is 2.39. The number of phenolic OH excluding ortho intramolecular Hbond substituents is 1. The lowest BCUT2D eigenvalue weighted by atomic mass is 10.1. The van der Waals surface area contributed by atoms with Crippen LogP contribution in [-0.2, 0) is 0 Å². The van der Waals surface area contributed by atoms with Crippen LogP contribution >= 0.6 is 11.6 Å². The lowest BCUT2D eigenvalue weighted by molar-refractivity contribution is -0.393. The molecule has 0 unspecified atom stereocenters. The Morgan fingerprint density at radius 1 is 0.962 bits per heavy atom. The molecule has 0 spiro atoms. The summed E-state index contributed by atoms with van der Waals surface area (Å²) in [6, 6.07) is 10.6. The number of hydrogen-bond donors (Lipinski definition) is 1. The molecule has 0 bridgehead atoms. The molecule has 0 saturated heterocycles. The molecule has 130 valence electrons. The number of aromatic hydroxyl groups is 1. The van der Waals surface area contributed by atoms with Crippen molar-refractivity contribution in [2.45, 2.75) is 0 Å². The van der Waals surface area contributed by atoms with Gasteiger partial charge in [0.2, 0.25) is 5.75 Å². The zero-order chi connectivity index (χ0) is 18.8. The monoisotopic (exact) mass is 371 g/mol. The highest BCUT2D eigenvalue weighted by molar-refractivity contribution is 6.30. The molecule has 0 atom stereocenters. The highest BCUT2D eigenvalue weighted by Gasteiger charge is 2.26. The summed E-state index contributed by atoms with van der Waals surface area (Å²) in [5.74, 6) is -0.711. The van der Waals surface area contributed by atoms with Gasteiger partial charge in [-0.2, -0.15) is 0 Å². The van der Waals surface area contributed by atoms with Crippen LogP contribution in [-0.4, -0.2) is 19.9 Å². The van der Waals surface area contributed by atoms with Crippen molar-refractivity contribution in [1.82, 2.24) is 4.98 Å². The largest absolute Gasteiger partial charge is 0.501 e. The minimum Gasteiger partial charge on any atom is -0.501 e. The van der Waals surface area contributed by atoms with Crippen LogP contribution in [0.15, 0.2) is 42.5 Å². The van der Waals surface area contributed by atoms with Crippen molar-refractivity contribution in [2.24, 2.45) is 0 Å². The molecule has 3 aromatic rings. The third-order valence-electron chi connectivity index (χ3n) is 3.64. The smallest absolute Gasteiger partial charge is 0.319 e. The van der Waals surface area contributed by atoms with Gasteiger partial charge in [-0.15, -0.1) is 0 Å². The van der Waals surface area contributed by atoms with E-state index in [4.69, 9.17) is 11.6 Å². The van der Waals surface area contributed by atoms with Gasteiger partial charge in [-0.3, -0.25) is 20.2 Å². The highest BCUT2D eigenvalue weighted by atomic mass is 35.5. The third kappa shape index (κ3) is 3.31. The van der Waals surface area contributed by atoms with Crippen LogP contribution in [0.5, 0.6) is 5.75 Å². The Morgan fingerprint density at radius 3 is 2.23 bits per heavy atom. The van der Waals surface area contributed by atoms with E-state index >= 15 is 0 Å². The minimum absolute atomic E-state index is 0.0155. The Labute approximate surface area is 151 Å². The van der Waals surface area contributed by atoms with Gasteiger partial charge < -0.3 is 5.11 Å². The summed E-state index contributed by atoms with van der Waals surface area (Å²) in [4.78, 5) is 24.7.